The Kier molecular flexibility index (Phi) is 5.83. The largest absolute Gasteiger partial charge is 0.497 e. The van der Waals surface area contributed by atoms with Gasteiger partial charge in [0.25, 0.3) is 5.91 Å². The molecule has 1 aromatic heterocycles. The van der Waals surface area contributed by atoms with Crippen molar-refractivity contribution in [2.45, 2.75) is 37.3 Å². The molecule has 184 valence electrons. The molecule has 35 heavy (non-hydrogen) atoms. The number of anilines is 1. The first kappa shape index (κ1) is 23.4. The van der Waals surface area contributed by atoms with Gasteiger partial charge in [0.15, 0.2) is 5.69 Å². The van der Waals surface area contributed by atoms with Gasteiger partial charge in [-0.05, 0) is 68.3 Å². The molecule has 1 aliphatic heterocycles. The van der Waals surface area contributed by atoms with E-state index >= 15 is 0 Å². The van der Waals surface area contributed by atoms with Crippen LogP contribution in [0.4, 0.5) is 18.9 Å². The summed E-state index contributed by atoms with van der Waals surface area (Å²) in [4.78, 5) is 15.1. The number of benzene rings is 2. The standard InChI is InChI=1S/C26H27F3N4O2/c1-30-16-25(13-3-14-25)17-4-6-18(7-5-17)32-15-12-21-22(24(32)34)33(31-23(21)26(27,28)29)19-8-10-20(35-2)11-9-19/h4-11,30H,3,12-16H2,1-2H3. The molecule has 1 amide bonds. The lowest BCUT2D eigenvalue weighted by molar-refractivity contribution is -0.141. The van der Waals surface area contributed by atoms with E-state index in [2.05, 4.69) is 10.4 Å². The third-order valence-corrected chi connectivity index (χ3v) is 7.22. The highest BCUT2D eigenvalue weighted by atomic mass is 19.4. The molecular formula is C26H27F3N4O2. The Labute approximate surface area is 201 Å². The Morgan fingerprint density at radius 3 is 2.26 bits per heavy atom. The summed E-state index contributed by atoms with van der Waals surface area (Å²) in [7, 11) is 3.45. The zero-order valence-electron chi connectivity index (χ0n) is 19.7. The van der Waals surface area contributed by atoms with Crippen LogP contribution < -0.4 is 15.0 Å². The quantitative estimate of drug-likeness (QED) is 0.549. The molecule has 2 aliphatic rings. The summed E-state index contributed by atoms with van der Waals surface area (Å²) >= 11 is 0. The lowest BCUT2D eigenvalue weighted by Gasteiger charge is -2.42. The summed E-state index contributed by atoms with van der Waals surface area (Å²) in [5, 5.41) is 7.12. The first-order chi connectivity index (χ1) is 16.8. The van der Waals surface area contributed by atoms with Crippen LogP contribution in [0.3, 0.4) is 0 Å². The first-order valence-electron chi connectivity index (χ1n) is 11.7. The zero-order valence-corrected chi connectivity index (χ0v) is 19.7. The van der Waals surface area contributed by atoms with E-state index in [1.165, 1.54) is 19.1 Å². The zero-order chi connectivity index (χ0) is 24.8. The van der Waals surface area contributed by atoms with Crippen molar-refractivity contribution in [1.29, 1.82) is 0 Å². The fourth-order valence-corrected chi connectivity index (χ4v) is 5.25. The molecule has 0 saturated heterocycles. The van der Waals surface area contributed by atoms with Gasteiger partial charge in [-0.1, -0.05) is 18.6 Å². The molecule has 6 nitrogen and oxygen atoms in total. The normalized spacial score (nSPS) is 17.2. The molecule has 5 rings (SSSR count). The number of halogens is 3. The molecule has 3 aromatic rings. The average molecular weight is 485 g/mol. The molecule has 0 unspecified atom stereocenters. The van der Waals surface area contributed by atoms with Crippen LogP contribution in [-0.2, 0) is 18.0 Å². The Morgan fingerprint density at radius 2 is 1.71 bits per heavy atom. The van der Waals surface area contributed by atoms with Gasteiger partial charge in [-0.3, -0.25) is 4.79 Å². The lowest BCUT2D eigenvalue weighted by Crippen LogP contribution is -2.43. The number of carbonyl (C=O) groups is 1. The van der Waals surface area contributed by atoms with Crippen LogP contribution in [0.25, 0.3) is 5.69 Å². The maximum absolute atomic E-state index is 13.8. The van der Waals surface area contributed by atoms with Crippen LogP contribution in [-0.4, -0.2) is 42.9 Å². The Bertz CT molecular complexity index is 1230. The van der Waals surface area contributed by atoms with Gasteiger partial charge in [-0.15, -0.1) is 0 Å². The van der Waals surface area contributed by atoms with E-state index in [1.54, 1.807) is 29.2 Å². The highest BCUT2D eigenvalue weighted by molar-refractivity contribution is 6.07. The van der Waals surface area contributed by atoms with Gasteiger partial charge in [0.2, 0.25) is 0 Å². The molecule has 9 heteroatoms. The fraction of sp³-hybridized carbons (Fsp3) is 0.385. The van der Waals surface area contributed by atoms with E-state index in [0.717, 1.165) is 24.1 Å². The van der Waals surface area contributed by atoms with E-state index in [1.807, 2.05) is 31.3 Å². The summed E-state index contributed by atoms with van der Waals surface area (Å²) in [6.07, 6.45) is -1.18. The van der Waals surface area contributed by atoms with Gasteiger partial charge in [-0.25, -0.2) is 4.68 Å². The third kappa shape index (κ3) is 3.97. The Balaban J connectivity index is 1.52. The van der Waals surface area contributed by atoms with Gasteiger partial charge in [0.05, 0.1) is 12.8 Å². The number of rotatable bonds is 6. The first-order valence-corrected chi connectivity index (χ1v) is 11.7. The van der Waals surface area contributed by atoms with Crippen LogP contribution in [0.5, 0.6) is 5.75 Å². The molecule has 0 spiro atoms. The Morgan fingerprint density at radius 1 is 1.06 bits per heavy atom. The van der Waals surface area contributed by atoms with Gasteiger partial charge in [0.1, 0.15) is 11.4 Å². The van der Waals surface area contributed by atoms with Crippen LogP contribution in [0, 0.1) is 0 Å². The number of ether oxygens (including phenoxy) is 1. The van der Waals surface area contributed by atoms with Crippen LogP contribution in [0.1, 0.15) is 46.6 Å². The van der Waals surface area contributed by atoms with Gasteiger partial charge >= 0.3 is 6.18 Å². The van der Waals surface area contributed by atoms with E-state index in [9.17, 15) is 18.0 Å². The number of fused-ring (bicyclic) bond motifs is 1. The number of hydrogen-bond acceptors (Lipinski definition) is 4. The second kappa shape index (κ2) is 8.71. The van der Waals surface area contributed by atoms with Gasteiger partial charge in [0, 0.05) is 29.8 Å². The van der Waals surface area contributed by atoms with Crippen molar-refractivity contribution >= 4 is 11.6 Å². The minimum absolute atomic E-state index is 0.0523. The summed E-state index contributed by atoms with van der Waals surface area (Å²) < 4.78 is 47.7. The number of alkyl halides is 3. The number of aromatic nitrogens is 2. The maximum Gasteiger partial charge on any atom is 0.435 e. The predicted octanol–water partition coefficient (Wildman–Crippen LogP) is 4.74. The summed E-state index contributed by atoms with van der Waals surface area (Å²) in [5.41, 5.74) is 1.24. The molecule has 2 heterocycles. The molecule has 1 saturated carbocycles. The van der Waals surface area contributed by atoms with Crippen molar-refractivity contribution in [3.8, 4) is 11.4 Å². The SMILES string of the molecule is CNCC1(c2ccc(N3CCc4c(C(F)(F)F)nn(-c5ccc(OC)cc5)c4C3=O)cc2)CCC1. The van der Waals surface area contributed by atoms with Crippen molar-refractivity contribution in [3.05, 3.63) is 71.0 Å². The number of hydrogen-bond donors (Lipinski definition) is 1. The predicted molar refractivity (Wildman–Crippen MR) is 126 cm³/mol. The highest BCUT2D eigenvalue weighted by Gasteiger charge is 2.43. The van der Waals surface area contributed by atoms with Crippen molar-refractivity contribution in [3.63, 3.8) is 0 Å². The fourth-order valence-electron chi connectivity index (χ4n) is 5.25. The van der Waals surface area contributed by atoms with Crippen molar-refractivity contribution in [2.75, 3.05) is 32.1 Å². The molecule has 1 aliphatic carbocycles. The van der Waals surface area contributed by atoms with Crippen LogP contribution in [0.2, 0.25) is 0 Å². The monoisotopic (exact) mass is 484 g/mol. The topological polar surface area (TPSA) is 59.4 Å². The van der Waals surface area contributed by atoms with Crippen LogP contribution >= 0.6 is 0 Å². The summed E-state index contributed by atoms with van der Waals surface area (Å²) in [6, 6.07) is 14.3. The van der Waals surface area contributed by atoms with Gasteiger partial charge in [-0.2, -0.15) is 18.3 Å². The van der Waals surface area contributed by atoms with Crippen molar-refractivity contribution in [1.82, 2.24) is 15.1 Å². The molecule has 0 bridgehead atoms. The third-order valence-electron chi connectivity index (χ3n) is 7.22. The number of likely N-dealkylation sites (N-methyl/N-ethyl adjacent to an activating group) is 1. The van der Waals surface area contributed by atoms with E-state index in [0.29, 0.717) is 17.1 Å². The molecule has 1 fully saturated rings. The minimum Gasteiger partial charge on any atom is -0.497 e. The average Bonchev–Trinajstić information content (AvgIpc) is 3.23. The Hall–Kier alpha value is -3.33. The van der Waals surface area contributed by atoms with Crippen LogP contribution in [0.15, 0.2) is 48.5 Å². The second-order valence-corrected chi connectivity index (χ2v) is 9.20. The second-order valence-electron chi connectivity index (χ2n) is 9.20. The lowest BCUT2D eigenvalue weighted by atomic mass is 9.64. The van der Waals surface area contributed by atoms with Crippen molar-refractivity contribution < 1.29 is 22.7 Å². The molecular weight excluding hydrogens is 457 g/mol. The molecule has 2 aromatic carbocycles. The molecule has 0 atom stereocenters. The summed E-state index contributed by atoms with van der Waals surface area (Å²) in [5.74, 6) is 0.0627. The van der Waals surface area contributed by atoms with Gasteiger partial charge < -0.3 is 15.0 Å². The number of methoxy groups -OCH3 is 1. The number of nitrogens with zero attached hydrogens (tertiary/aromatic N) is 3. The highest BCUT2D eigenvalue weighted by Crippen LogP contribution is 2.44. The van der Waals surface area contributed by atoms with E-state index < -0.39 is 17.8 Å². The smallest absolute Gasteiger partial charge is 0.435 e. The number of nitrogens with one attached hydrogen (secondary N) is 1. The summed E-state index contributed by atoms with van der Waals surface area (Å²) in [6.45, 7) is 1.05. The molecule has 0 radical (unpaired) electrons. The van der Waals surface area contributed by atoms with Crippen molar-refractivity contribution in [2.24, 2.45) is 0 Å². The number of carbonyl (C=O) groups excluding carboxylic acids is 1. The van der Waals surface area contributed by atoms with E-state index in [-0.39, 0.29) is 29.6 Å². The van der Waals surface area contributed by atoms with E-state index in [4.69, 9.17) is 4.74 Å². The minimum atomic E-state index is -4.66. The maximum atomic E-state index is 13.8. The molecule has 1 N–H and O–H groups in total. The number of amides is 1.